The van der Waals surface area contributed by atoms with Crippen LogP contribution < -0.4 is 16.8 Å². The summed E-state index contributed by atoms with van der Waals surface area (Å²) in [5, 5.41) is 7.44. The van der Waals surface area contributed by atoms with E-state index in [9.17, 15) is 14.0 Å². The quantitative estimate of drug-likeness (QED) is 0.549. The third-order valence-corrected chi connectivity index (χ3v) is 5.95. The number of nitrogens with one attached hydrogen (secondary N) is 1. The van der Waals surface area contributed by atoms with Crippen molar-refractivity contribution in [2.45, 2.75) is 44.9 Å². The zero-order valence-electron chi connectivity index (χ0n) is 17.8. The van der Waals surface area contributed by atoms with Gasteiger partial charge in [0.05, 0.1) is 6.04 Å². The number of carbonyl (C=O) groups excluding carboxylic acids is 2. The number of aromatic nitrogens is 2. The normalized spacial score (nSPS) is 17.9. The monoisotopic (exact) mass is 435 g/mol. The third-order valence-electron chi connectivity index (χ3n) is 5.95. The first kappa shape index (κ1) is 21.5. The molecule has 166 valence electrons. The summed E-state index contributed by atoms with van der Waals surface area (Å²) in [5.74, 6) is -0.647. The lowest BCUT2D eigenvalue weighted by Gasteiger charge is -2.11. The number of alkyl halides is 1. The number of carbonyl (C=O) groups is 2. The van der Waals surface area contributed by atoms with Crippen LogP contribution in [0.4, 0.5) is 10.2 Å². The minimum absolute atomic E-state index is 0.141. The molecule has 1 heterocycles. The van der Waals surface area contributed by atoms with Crippen molar-refractivity contribution in [1.29, 1.82) is 0 Å². The van der Waals surface area contributed by atoms with Crippen molar-refractivity contribution in [2.24, 2.45) is 5.73 Å². The number of rotatable bonds is 6. The first-order valence-electron chi connectivity index (χ1n) is 10.6. The third kappa shape index (κ3) is 4.21. The molecule has 2 unspecified atom stereocenters. The lowest BCUT2D eigenvalue weighted by molar-refractivity contribution is 0.0949. The van der Waals surface area contributed by atoms with Crippen molar-refractivity contribution in [3.63, 3.8) is 0 Å². The smallest absolute Gasteiger partial charge is 0.254 e. The predicted octanol–water partition coefficient (Wildman–Crippen LogP) is 3.53. The molecular formula is C24H26FN5O2. The summed E-state index contributed by atoms with van der Waals surface area (Å²) in [5.41, 5.74) is 15.4. The van der Waals surface area contributed by atoms with Gasteiger partial charge >= 0.3 is 0 Å². The Kier molecular flexibility index (Phi) is 5.94. The standard InChI is InChI=1S/C24H26FN5O2/c1-14-4-2-3-5-19(14)24(32)28-13-15-6-8-16(9-7-15)21-20(23(27)31)22(26)30(29-21)18-11-10-17(25)12-18/h2-9,17-18H,10-13,26H2,1H3,(H2,27,31)(H,28,32). The number of anilines is 1. The molecule has 0 aliphatic heterocycles. The zero-order valence-corrected chi connectivity index (χ0v) is 17.8. The Balaban J connectivity index is 1.53. The van der Waals surface area contributed by atoms with Crippen LogP contribution in [0.15, 0.2) is 48.5 Å². The molecule has 1 saturated carbocycles. The highest BCUT2D eigenvalue weighted by molar-refractivity contribution is 6.03. The van der Waals surface area contributed by atoms with Crippen LogP contribution in [0, 0.1) is 6.92 Å². The molecule has 2 aromatic carbocycles. The molecule has 0 radical (unpaired) electrons. The fourth-order valence-electron chi connectivity index (χ4n) is 4.18. The molecule has 2 atom stereocenters. The average molecular weight is 436 g/mol. The number of primary amides is 1. The van der Waals surface area contributed by atoms with Crippen LogP contribution in [0.3, 0.4) is 0 Å². The number of nitrogen functional groups attached to an aromatic ring is 1. The zero-order chi connectivity index (χ0) is 22.8. The molecule has 7 nitrogen and oxygen atoms in total. The molecular weight excluding hydrogens is 409 g/mol. The fraction of sp³-hybridized carbons (Fsp3) is 0.292. The van der Waals surface area contributed by atoms with Crippen LogP contribution in [0.1, 0.15) is 57.1 Å². The highest BCUT2D eigenvalue weighted by Crippen LogP contribution is 2.36. The summed E-state index contributed by atoms with van der Waals surface area (Å²) >= 11 is 0. The van der Waals surface area contributed by atoms with Gasteiger partial charge in [-0.15, -0.1) is 0 Å². The number of hydrogen-bond acceptors (Lipinski definition) is 4. The molecule has 1 aromatic heterocycles. The van der Waals surface area contributed by atoms with Gasteiger partial charge in [-0.3, -0.25) is 9.59 Å². The van der Waals surface area contributed by atoms with Gasteiger partial charge in [-0.25, -0.2) is 9.07 Å². The number of nitrogens with zero attached hydrogens (tertiary/aromatic N) is 2. The second-order valence-electron chi connectivity index (χ2n) is 8.18. The average Bonchev–Trinajstić information content (AvgIpc) is 3.35. The maximum absolute atomic E-state index is 13.7. The Bertz CT molecular complexity index is 1160. The number of hydrogen-bond donors (Lipinski definition) is 3. The summed E-state index contributed by atoms with van der Waals surface area (Å²) in [4.78, 5) is 24.5. The van der Waals surface area contributed by atoms with E-state index in [1.54, 1.807) is 18.2 Å². The van der Waals surface area contributed by atoms with Crippen LogP contribution in [0.5, 0.6) is 0 Å². The molecule has 8 heteroatoms. The summed E-state index contributed by atoms with van der Waals surface area (Å²) in [6, 6.07) is 14.5. The fourth-order valence-corrected chi connectivity index (χ4v) is 4.18. The van der Waals surface area contributed by atoms with Crippen LogP contribution in [-0.2, 0) is 6.54 Å². The molecule has 0 saturated heterocycles. The molecule has 32 heavy (non-hydrogen) atoms. The van der Waals surface area contributed by atoms with Crippen molar-refractivity contribution in [3.8, 4) is 11.3 Å². The van der Waals surface area contributed by atoms with E-state index in [0.29, 0.717) is 42.6 Å². The Labute approximate surface area is 185 Å². The minimum Gasteiger partial charge on any atom is -0.383 e. The second kappa shape index (κ2) is 8.82. The first-order valence-corrected chi connectivity index (χ1v) is 10.6. The van der Waals surface area contributed by atoms with Crippen LogP contribution in [-0.4, -0.2) is 27.8 Å². The van der Waals surface area contributed by atoms with Gasteiger partial charge in [0.1, 0.15) is 23.2 Å². The van der Waals surface area contributed by atoms with Gasteiger partial charge in [0, 0.05) is 24.1 Å². The number of nitrogens with two attached hydrogens (primary N) is 2. The largest absolute Gasteiger partial charge is 0.383 e. The molecule has 3 aromatic rings. The molecule has 4 rings (SSSR count). The topological polar surface area (TPSA) is 116 Å². The van der Waals surface area contributed by atoms with Crippen molar-refractivity contribution >= 4 is 17.6 Å². The maximum Gasteiger partial charge on any atom is 0.254 e. The second-order valence-corrected chi connectivity index (χ2v) is 8.18. The lowest BCUT2D eigenvalue weighted by Crippen LogP contribution is -2.23. The van der Waals surface area contributed by atoms with Crippen molar-refractivity contribution < 1.29 is 14.0 Å². The summed E-state index contributed by atoms with van der Waals surface area (Å²) in [7, 11) is 0. The van der Waals surface area contributed by atoms with E-state index in [1.807, 2.05) is 37.3 Å². The van der Waals surface area contributed by atoms with E-state index in [4.69, 9.17) is 11.5 Å². The van der Waals surface area contributed by atoms with Gasteiger partial charge in [-0.1, -0.05) is 42.5 Å². The van der Waals surface area contributed by atoms with Gasteiger partial charge in [-0.05, 0) is 37.0 Å². The van der Waals surface area contributed by atoms with E-state index >= 15 is 0 Å². The SMILES string of the molecule is Cc1ccccc1C(=O)NCc1ccc(-c2nn(C3CCC(F)C3)c(N)c2C(N)=O)cc1. The Morgan fingerprint density at radius 2 is 1.88 bits per heavy atom. The van der Waals surface area contributed by atoms with Gasteiger partial charge in [0.15, 0.2) is 0 Å². The summed E-state index contributed by atoms with van der Waals surface area (Å²) in [6.45, 7) is 2.25. The molecule has 0 bridgehead atoms. The van der Waals surface area contributed by atoms with E-state index < -0.39 is 12.1 Å². The van der Waals surface area contributed by atoms with Crippen LogP contribution in [0.2, 0.25) is 0 Å². The number of amides is 2. The molecule has 1 aliphatic rings. The highest BCUT2D eigenvalue weighted by atomic mass is 19.1. The molecule has 0 spiro atoms. The molecule has 2 amide bonds. The Morgan fingerprint density at radius 1 is 1.16 bits per heavy atom. The van der Waals surface area contributed by atoms with E-state index in [1.165, 1.54) is 4.68 Å². The van der Waals surface area contributed by atoms with Crippen molar-refractivity contribution in [2.75, 3.05) is 5.73 Å². The van der Waals surface area contributed by atoms with Gasteiger partial charge < -0.3 is 16.8 Å². The van der Waals surface area contributed by atoms with Gasteiger partial charge in [0.2, 0.25) is 0 Å². The minimum atomic E-state index is -0.891. The highest BCUT2D eigenvalue weighted by Gasteiger charge is 2.31. The van der Waals surface area contributed by atoms with Crippen LogP contribution >= 0.6 is 0 Å². The lowest BCUT2D eigenvalue weighted by atomic mass is 10.0. The van der Waals surface area contributed by atoms with E-state index in [0.717, 1.165) is 11.1 Å². The molecule has 5 N–H and O–H groups in total. The molecule has 1 aliphatic carbocycles. The van der Waals surface area contributed by atoms with Gasteiger partial charge in [-0.2, -0.15) is 5.10 Å². The Hall–Kier alpha value is -3.68. The first-order chi connectivity index (χ1) is 15.3. The van der Waals surface area contributed by atoms with Crippen LogP contribution in [0.25, 0.3) is 11.3 Å². The van der Waals surface area contributed by atoms with Gasteiger partial charge in [0.25, 0.3) is 11.8 Å². The number of aryl methyl sites for hydroxylation is 1. The van der Waals surface area contributed by atoms with E-state index in [2.05, 4.69) is 10.4 Å². The molecule has 1 fully saturated rings. The van der Waals surface area contributed by atoms with Crippen molar-refractivity contribution in [1.82, 2.24) is 15.1 Å². The van der Waals surface area contributed by atoms with Crippen molar-refractivity contribution in [3.05, 3.63) is 70.8 Å². The predicted molar refractivity (Wildman–Crippen MR) is 121 cm³/mol. The van der Waals surface area contributed by atoms with E-state index in [-0.39, 0.29) is 23.3 Å². The Morgan fingerprint density at radius 3 is 2.50 bits per heavy atom. The summed E-state index contributed by atoms with van der Waals surface area (Å²) < 4.78 is 15.2. The number of benzene rings is 2. The summed E-state index contributed by atoms with van der Waals surface area (Å²) in [6.07, 6.45) is 0.500. The maximum atomic E-state index is 13.7. The number of halogens is 1.